The van der Waals surface area contributed by atoms with E-state index in [1.165, 1.54) is 4.90 Å². The number of carbonyl (C=O) groups is 2. The summed E-state index contributed by atoms with van der Waals surface area (Å²) in [6.45, 7) is 0.287. The van der Waals surface area contributed by atoms with E-state index >= 15 is 0 Å². The summed E-state index contributed by atoms with van der Waals surface area (Å²) in [6.07, 6.45) is -0.0949. The number of ether oxygens (including phenoxy) is 3. The van der Waals surface area contributed by atoms with Crippen LogP contribution in [0.5, 0.6) is 17.2 Å². The Kier molecular flexibility index (Phi) is 8.15. The predicted octanol–water partition coefficient (Wildman–Crippen LogP) is 4.90. The molecule has 37 heavy (non-hydrogen) atoms. The maximum atomic E-state index is 13.6. The van der Waals surface area contributed by atoms with Crippen molar-refractivity contribution in [1.29, 1.82) is 0 Å². The molecule has 3 aromatic carbocycles. The standard InChI is InChI=1S/C27H26ClN3O5S/c1-34-21-11-7-19(8-12-21)29-25(32)15-22-26(33)31(20-9-5-18(28)6-10-20)27(37)30(22)16-17-4-13-23(35-2)24(14-17)36-3/h4-14,22H,15-16H2,1-3H3,(H,29,32)/t22-/m0/s1. The molecule has 192 valence electrons. The van der Waals surface area contributed by atoms with Crippen LogP contribution in [0.1, 0.15) is 12.0 Å². The molecular formula is C27H26ClN3O5S. The highest BCUT2D eigenvalue weighted by atomic mass is 35.5. The normalized spacial score (nSPS) is 15.1. The lowest BCUT2D eigenvalue weighted by molar-refractivity contribution is -0.124. The number of anilines is 2. The zero-order valence-corrected chi connectivity index (χ0v) is 22.1. The van der Waals surface area contributed by atoms with Crippen LogP contribution >= 0.6 is 23.8 Å². The lowest BCUT2D eigenvalue weighted by Crippen LogP contribution is -2.37. The van der Waals surface area contributed by atoms with Crippen molar-refractivity contribution in [3.8, 4) is 17.2 Å². The highest BCUT2D eigenvalue weighted by Gasteiger charge is 2.44. The molecule has 1 saturated heterocycles. The van der Waals surface area contributed by atoms with Gasteiger partial charge in [-0.15, -0.1) is 0 Å². The van der Waals surface area contributed by atoms with Gasteiger partial charge in [-0.2, -0.15) is 0 Å². The second kappa shape index (κ2) is 11.5. The van der Waals surface area contributed by atoms with Crippen LogP contribution in [0, 0.1) is 0 Å². The molecule has 1 aliphatic rings. The lowest BCUT2D eigenvalue weighted by Gasteiger charge is -2.24. The van der Waals surface area contributed by atoms with Gasteiger partial charge in [0.2, 0.25) is 5.91 Å². The molecule has 1 atom stereocenters. The fourth-order valence-electron chi connectivity index (χ4n) is 4.08. The number of nitrogens with zero attached hydrogens (tertiary/aromatic N) is 2. The molecule has 1 N–H and O–H groups in total. The third-order valence-electron chi connectivity index (χ3n) is 5.96. The van der Waals surface area contributed by atoms with Crippen molar-refractivity contribution in [1.82, 2.24) is 4.90 Å². The van der Waals surface area contributed by atoms with E-state index in [1.54, 1.807) is 80.8 Å². The highest BCUT2D eigenvalue weighted by molar-refractivity contribution is 7.80. The molecule has 0 bridgehead atoms. The highest BCUT2D eigenvalue weighted by Crippen LogP contribution is 2.32. The second-order valence-electron chi connectivity index (χ2n) is 8.25. The van der Waals surface area contributed by atoms with Crippen molar-refractivity contribution < 1.29 is 23.8 Å². The molecule has 0 aliphatic carbocycles. The Morgan fingerprint density at radius 1 is 0.946 bits per heavy atom. The van der Waals surface area contributed by atoms with Crippen LogP contribution in [0.4, 0.5) is 11.4 Å². The van der Waals surface area contributed by atoms with Gasteiger partial charge in [0.15, 0.2) is 16.6 Å². The van der Waals surface area contributed by atoms with Gasteiger partial charge < -0.3 is 24.4 Å². The van der Waals surface area contributed by atoms with E-state index in [9.17, 15) is 9.59 Å². The summed E-state index contributed by atoms with van der Waals surface area (Å²) in [7, 11) is 4.69. The quantitative estimate of drug-likeness (QED) is 0.387. The Hall–Kier alpha value is -3.82. The number of amides is 2. The van der Waals surface area contributed by atoms with E-state index < -0.39 is 6.04 Å². The zero-order valence-electron chi connectivity index (χ0n) is 20.6. The smallest absolute Gasteiger partial charge is 0.256 e. The van der Waals surface area contributed by atoms with Gasteiger partial charge in [-0.05, 0) is 78.4 Å². The summed E-state index contributed by atoms with van der Waals surface area (Å²) in [4.78, 5) is 29.8. The molecule has 1 heterocycles. The number of rotatable bonds is 9. The second-order valence-corrected chi connectivity index (χ2v) is 9.05. The summed E-state index contributed by atoms with van der Waals surface area (Å²) in [5, 5.41) is 3.68. The van der Waals surface area contributed by atoms with Gasteiger partial charge in [-0.3, -0.25) is 14.5 Å². The van der Waals surface area contributed by atoms with Gasteiger partial charge >= 0.3 is 0 Å². The lowest BCUT2D eigenvalue weighted by atomic mass is 10.1. The minimum Gasteiger partial charge on any atom is -0.497 e. The topological polar surface area (TPSA) is 80.3 Å². The van der Waals surface area contributed by atoms with E-state index in [-0.39, 0.29) is 24.8 Å². The SMILES string of the molecule is COc1ccc(NC(=O)C[C@H]2C(=O)N(c3ccc(Cl)cc3)C(=S)N2Cc2ccc(OC)c(OC)c2)cc1. The maximum Gasteiger partial charge on any atom is 0.256 e. The van der Waals surface area contributed by atoms with Gasteiger partial charge in [0.05, 0.1) is 33.4 Å². The fraction of sp³-hybridized carbons (Fsp3) is 0.222. The maximum absolute atomic E-state index is 13.6. The molecule has 0 unspecified atom stereocenters. The number of halogens is 1. The van der Waals surface area contributed by atoms with Crippen molar-refractivity contribution in [2.24, 2.45) is 0 Å². The number of hydrogen-bond acceptors (Lipinski definition) is 6. The number of thiocarbonyl (C=S) groups is 1. The largest absolute Gasteiger partial charge is 0.497 e. The number of benzene rings is 3. The Bertz CT molecular complexity index is 1300. The first-order chi connectivity index (χ1) is 17.8. The van der Waals surface area contributed by atoms with E-state index in [2.05, 4.69) is 5.32 Å². The summed E-state index contributed by atoms with van der Waals surface area (Å²) in [5.74, 6) is 1.21. The summed E-state index contributed by atoms with van der Waals surface area (Å²) < 4.78 is 15.9. The number of nitrogens with one attached hydrogen (secondary N) is 1. The number of methoxy groups -OCH3 is 3. The molecule has 8 nitrogen and oxygen atoms in total. The molecular weight excluding hydrogens is 514 g/mol. The van der Waals surface area contributed by atoms with Gasteiger partial charge in [0.25, 0.3) is 5.91 Å². The monoisotopic (exact) mass is 539 g/mol. The third kappa shape index (κ3) is 5.79. The number of hydrogen-bond donors (Lipinski definition) is 1. The van der Waals surface area contributed by atoms with Crippen LogP contribution < -0.4 is 24.4 Å². The summed E-state index contributed by atoms with van der Waals surface area (Å²) in [5.41, 5.74) is 2.01. The van der Waals surface area contributed by atoms with Crippen molar-refractivity contribution in [2.75, 3.05) is 31.5 Å². The van der Waals surface area contributed by atoms with E-state index in [0.29, 0.717) is 38.8 Å². The first kappa shape index (κ1) is 26.2. The minimum atomic E-state index is -0.811. The van der Waals surface area contributed by atoms with Crippen molar-refractivity contribution in [3.05, 3.63) is 77.3 Å². The molecule has 4 rings (SSSR count). The first-order valence-corrected chi connectivity index (χ1v) is 12.2. The molecule has 0 aromatic heterocycles. The Labute approximate surface area is 225 Å². The van der Waals surface area contributed by atoms with Crippen molar-refractivity contribution in [3.63, 3.8) is 0 Å². The van der Waals surface area contributed by atoms with Gasteiger partial charge in [0, 0.05) is 17.3 Å². The van der Waals surface area contributed by atoms with Gasteiger partial charge in [-0.25, -0.2) is 0 Å². The van der Waals surface area contributed by atoms with Crippen LogP contribution in [0.25, 0.3) is 0 Å². The molecule has 2 amide bonds. The van der Waals surface area contributed by atoms with Crippen LogP contribution in [0.2, 0.25) is 5.02 Å². The Balaban J connectivity index is 1.61. The molecule has 0 radical (unpaired) electrons. The summed E-state index contributed by atoms with van der Waals surface area (Å²) in [6, 6.07) is 18.5. The Morgan fingerprint density at radius 3 is 2.24 bits per heavy atom. The molecule has 0 spiro atoms. The average molecular weight is 540 g/mol. The van der Waals surface area contributed by atoms with Crippen LogP contribution in [0.3, 0.4) is 0 Å². The Morgan fingerprint density at radius 2 is 1.62 bits per heavy atom. The molecule has 10 heteroatoms. The fourth-order valence-corrected chi connectivity index (χ4v) is 4.59. The number of carbonyl (C=O) groups excluding carboxylic acids is 2. The van der Waals surface area contributed by atoms with Crippen molar-refractivity contribution >= 4 is 52.1 Å². The van der Waals surface area contributed by atoms with E-state index in [1.807, 2.05) is 12.1 Å². The van der Waals surface area contributed by atoms with E-state index in [4.69, 9.17) is 38.0 Å². The van der Waals surface area contributed by atoms with Gasteiger partial charge in [0.1, 0.15) is 11.8 Å². The average Bonchev–Trinajstić information content (AvgIpc) is 3.13. The zero-order chi connectivity index (χ0) is 26.5. The first-order valence-electron chi connectivity index (χ1n) is 11.4. The van der Waals surface area contributed by atoms with Crippen molar-refractivity contribution in [2.45, 2.75) is 19.0 Å². The van der Waals surface area contributed by atoms with Crippen LogP contribution in [-0.4, -0.2) is 49.2 Å². The van der Waals surface area contributed by atoms with Crippen LogP contribution in [0.15, 0.2) is 66.7 Å². The van der Waals surface area contributed by atoms with Gasteiger partial charge in [-0.1, -0.05) is 17.7 Å². The third-order valence-corrected chi connectivity index (χ3v) is 6.63. The molecule has 1 aliphatic heterocycles. The minimum absolute atomic E-state index is 0.0949. The predicted molar refractivity (Wildman–Crippen MR) is 147 cm³/mol. The summed E-state index contributed by atoms with van der Waals surface area (Å²) >= 11 is 11.8. The van der Waals surface area contributed by atoms with Crippen LogP contribution in [-0.2, 0) is 16.1 Å². The molecule has 0 saturated carbocycles. The molecule has 1 fully saturated rings. The van der Waals surface area contributed by atoms with E-state index in [0.717, 1.165) is 5.56 Å². The molecule has 3 aromatic rings.